The minimum Gasteiger partial charge on any atom is -0.368 e. The van der Waals surface area contributed by atoms with Gasteiger partial charge in [0, 0.05) is 30.6 Å². The summed E-state index contributed by atoms with van der Waals surface area (Å²) in [6.45, 7) is 3.80. The first-order valence-corrected chi connectivity index (χ1v) is 5.21. The van der Waals surface area contributed by atoms with Crippen molar-refractivity contribution in [1.82, 2.24) is 19.9 Å². The zero-order valence-electron chi connectivity index (χ0n) is 8.98. The summed E-state index contributed by atoms with van der Waals surface area (Å²) in [4.78, 5) is 15.4. The van der Waals surface area contributed by atoms with Crippen LogP contribution in [0.2, 0.25) is 0 Å². The summed E-state index contributed by atoms with van der Waals surface area (Å²) in [5.41, 5.74) is 7.13. The van der Waals surface area contributed by atoms with Crippen molar-refractivity contribution < 1.29 is 0 Å². The first kappa shape index (κ1) is 10.6. The molecule has 83 valence electrons. The number of nitrogen functional groups attached to an aromatic ring is 1. The highest BCUT2D eigenvalue weighted by Gasteiger charge is 2.04. The Morgan fingerprint density at radius 1 is 1.31 bits per heavy atom. The van der Waals surface area contributed by atoms with Crippen LogP contribution >= 0.6 is 0 Å². The molecule has 3 N–H and O–H groups in total. The highest BCUT2D eigenvalue weighted by molar-refractivity contribution is 5.56. The van der Waals surface area contributed by atoms with Gasteiger partial charge in [-0.15, -0.1) is 0 Å². The predicted molar refractivity (Wildman–Crippen MR) is 62.3 cm³/mol. The molecule has 0 aliphatic rings. The number of nitrogens with zero attached hydrogens (tertiary/aromatic N) is 3. The zero-order valence-corrected chi connectivity index (χ0v) is 8.98. The number of rotatable bonds is 4. The number of unbranched alkanes of at least 4 members (excludes halogenated alkanes) is 1. The number of anilines is 1. The third kappa shape index (κ3) is 2.36. The molecule has 0 bridgehead atoms. The third-order valence-electron chi connectivity index (χ3n) is 2.26. The van der Waals surface area contributed by atoms with Crippen LogP contribution in [0.1, 0.15) is 18.7 Å². The molecule has 5 nitrogen and oxygen atoms in total. The van der Waals surface area contributed by atoms with Crippen LogP contribution in [0.25, 0.3) is 11.3 Å². The van der Waals surface area contributed by atoms with E-state index < -0.39 is 0 Å². The Kier molecular flexibility index (Phi) is 3.14. The molecule has 0 unspecified atom stereocenters. The highest BCUT2D eigenvalue weighted by atomic mass is 15.0. The summed E-state index contributed by atoms with van der Waals surface area (Å²) in [7, 11) is 0. The van der Waals surface area contributed by atoms with Crippen molar-refractivity contribution in [2.75, 3.05) is 5.73 Å². The monoisotopic (exact) mass is 216 g/mol. The summed E-state index contributed by atoms with van der Waals surface area (Å²) in [5, 5.41) is 0. The second kappa shape index (κ2) is 4.74. The van der Waals surface area contributed by atoms with Crippen LogP contribution in [-0.4, -0.2) is 19.9 Å². The zero-order chi connectivity index (χ0) is 11.4. The van der Waals surface area contributed by atoms with Crippen LogP contribution in [0, 0.1) is 6.92 Å². The molecule has 1 radical (unpaired) electrons. The molecule has 0 amide bonds. The van der Waals surface area contributed by atoms with Gasteiger partial charge in [0.25, 0.3) is 0 Å². The van der Waals surface area contributed by atoms with Gasteiger partial charge < -0.3 is 10.7 Å². The summed E-state index contributed by atoms with van der Waals surface area (Å²) >= 11 is 0. The van der Waals surface area contributed by atoms with E-state index in [1.54, 1.807) is 12.4 Å². The average molecular weight is 216 g/mol. The number of nitrogens with two attached hydrogens (primary N) is 1. The van der Waals surface area contributed by atoms with Gasteiger partial charge in [0.2, 0.25) is 5.95 Å². The SMILES string of the molecule is [CH2]CCCc1nc(-c2cnc(N)nc2)c[nH]1. The van der Waals surface area contributed by atoms with E-state index in [-0.39, 0.29) is 5.95 Å². The molecule has 0 aromatic carbocycles. The standard InChI is InChI=1S/C11H14N5/c1-2-3-4-10-13-7-9(16-10)8-5-14-11(12)15-6-8/h5-7H,1-4H2,(H,13,16)(H2,12,14,15). The van der Waals surface area contributed by atoms with Gasteiger partial charge in [-0.2, -0.15) is 0 Å². The largest absolute Gasteiger partial charge is 0.368 e. The Morgan fingerprint density at radius 2 is 2.06 bits per heavy atom. The van der Waals surface area contributed by atoms with E-state index in [1.165, 1.54) is 0 Å². The molecule has 16 heavy (non-hydrogen) atoms. The van der Waals surface area contributed by atoms with Gasteiger partial charge in [-0.1, -0.05) is 13.3 Å². The van der Waals surface area contributed by atoms with Gasteiger partial charge in [-0.25, -0.2) is 15.0 Å². The summed E-state index contributed by atoms with van der Waals surface area (Å²) < 4.78 is 0. The van der Waals surface area contributed by atoms with Gasteiger partial charge in [0.05, 0.1) is 5.69 Å². The molecule has 5 heteroatoms. The van der Waals surface area contributed by atoms with Gasteiger partial charge in [0.1, 0.15) is 5.82 Å². The molecule has 2 heterocycles. The van der Waals surface area contributed by atoms with Gasteiger partial charge in [0.15, 0.2) is 0 Å². The smallest absolute Gasteiger partial charge is 0.219 e. The number of hydrogen-bond acceptors (Lipinski definition) is 4. The maximum atomic E-state index is 5.42. The van der Waals surface area contributed by atoms with Crippen molar-refractivity contribution in [3.8, 4) is 11.3 Å². The number of aryl methyl sites for hydroxylation is 1. The Morgan fingerprint density at radius 3 is 2.75 bits per heavy atom. The fraction of sp³-hybridized carbons (Fsp3) is 0.273. The quantitative estimate of drug-likeness (QED) is 0.813. The van der Waals surface area contributed by atoms with Crippen molar-refractivity contribution in [2.45, 2.75) is 19.3 Å². The van der Waals surface area contributed by atoms with E-state index in [4.69, 9.17) is 5.73 Å². The van der Waals surface area contributed by atoms with Crippen LogP contribution in [0.3, 0.4) is 0 Å². The maximum Gasteiger partial charge on any atom is 0.219 e. The first-order valence-electron chi connectivity index (χ1n) is 5.21. The molecule has 2 aromatic heterocycles. The highest BCUT2D eigenvalue weighted by Crippen LogP contribution is 2.15. The number of nitrogens with one attached hydrogen (secondary N) is 1. The second-order valence-corrected chi connectivity index (χ2v) is 3.52. The van der Waals surface area contributed by atoms with Crippen LogP contribution < -0.4 is 5.73 Å². The lowest BCUT2D eigenvalue weighted by Gasteiger charge is -1.95. The first-order chi connectivity index (χ1) is 7.79. The van der Waals surface area contributed by atoms with Crippen molar-refractivity contribution in [3.05, 3.63) is 31.3 Å². The number of aromatic amines is 1. The summed E-state index contributed by atoms with van der Waals surface area (Å²) in [6, 6.07) is 0. The molecular formula is C11H14N5. The lowest BCUT2D eigenvalue weighted by molar-refractivity contribution is 0.798. The Labute approximate surface area is 94.2 Å². The molecule has 2 rings (SSSR count). The van der Waals surface area contributed by atoms with Crippen molar-refractivity contribution >= 4 is 5.95 Å². The molecular weight excluding hydrogens is 202 g/mol. The van der Waals surface area contributed by atoms with Crippen LogP contribution in [0.15, 0.2) is 18.6 Å². The Balaban J connectivity index is 2.15. The predicted octanol–water partition coefficient (Wildman–Crippen LogP) is 1.61. The Hall–Kier alpha value is -1.91. The Bertz CT molecular complexity index is 446. The van der Waals surface area contributed by atoms with Gasteiger partial charge in [-0.05, 0) is 6.42 Å². The van der Waals surface area contributed by atoms with E-state index in [1.807, 2.05) is 6.20 Å². The van der Waals surface area contributed by atoms with E-state index in [0.717, 1.165) is 36.3 Å². The molecule has 0 saturated carbocycles. The lowest BCUT2D eigenvalue weighted by atomic mass is 10.2. The van der Waals surface area contributed by atoms with E-state index in [0.29, 0.717) is 0 Å². The van der Waals surface area contributed by atoms with Crippen molar-refractivity contribution in [2.24, 2.45) is 0 Å². The number of aromatic nitrogens is 4. The topological polar surface area (TPSA) is 80.5 Å². The summed E-state index contributed by atoms with van der Waals surface area (Å²) in [6.07, 6.45) is 8.06. The van der Waals surface area contributed by atoms with Crippen molar-refractivity contribution in [1.29, 1.82) is 0 Å². The van der Waals surface area contributed by atoms with Crippen LogP contribution in [0.4, 0.5) is 5.95 Å². The molecule has 2 aromatic rings. The number of H-pyrrole nitrogens is 1. The maximum absolute atomic E-state index is 5.42. The molecule has 0 fully saturated rings. The number of hydrogen-bond donors (Lipinski definition) is 2. The fourth-order valence-corrected chi connectivity index (χ4v) is 1.40. The summed E-state index contributed by atoms with van der Waals surface area (Å²) in [5.74, 6) is 1.24. The molecule has 0 saturated heterocycles. The van der Waals surface area contributed by atoms with Gasteiger partial charge in [-0.3, -0.25) is 0 Å². The van der Waals surface area contributed by atoms with Crippen LogP contribution in [-0.2, 0) is 6.42 Å². The fourth-order valence-electron chi connectivity index (χ4n) is 1.40. The number of imidazole rings is 1. The van der Waals surface area contributed by atoms with E-state index in [2.05, 4.69) is 26.9 Å². The average Bonchev–Trinajstić information content (AvgIpc) is 2.76. The minimum absolute atomic E-state index is 0.275. The molecule has 0 aliphatic heterocycles. The minimum atomic E-state index is 0.275. The third-order valence-corrected chi connectivity index (χ3v) is 2.26. The van der Waals surface area contributed by atoms with E-state index in [9.17, 15) is 0 Å². The lowest BCUT2D eigenvalue weighted by Crippen LogP contribution is -1.93. The normalized spacial score (nSPS) is 10.6. The molecule has 0 atom stereocenters. The van der Waals surface area contributed by atoms with Crippen molar-refractivity contribution in [3.63, 3.8) is 0 Å². The molecule has 0 spiro atoms. The molecule has 0 aliphatic carbocycles. The van der Waals surface area contributed by atoms with E-state index >= 15 is 0 Å². The van der Waals surface area contributed by atoms with Gasteiger partial charge >= 0.3 is 0 Å². The van der Waals surface area contributed by atoms with Crippen LogP contribution in [0.5, 0.6) is 0 Å². The second-order valence-electron chi connectivity index (χ2n) is 3.52.